The van der Waals surface area contributed by atoms with Crippen LogP contribution in [0.3, 0.4) is 0 Å². The fourth-order valence-electron chi connectivity index (χ4n) is 2.77. The fourth-order valence-corrected chi connectivity index (χ4v) is 2.77. The Hall–Kier alpha value is -3.75. The first-order chi connectivity index (χ1) is 13.2. The summed E-state index contributed by atoms with van der Waals surface area (Å²) in [6.45, 7) is 0.439. The molecule has 4 rings (SSSR count). The molecule has 0 saturated carbocycles. The molecule has 0 spiro atoms. The van der Waals surface area contributed by atoms with Crippen LogP contribution in [0.4, 0.5) is 0 Å². The van der Waals surface area contributed by atoms with Gasteiger partial charge in [-0.2, -0.15) is 15.4 Å². The zero-order valence-corrected chi connectivity index (χ0v) is 14.4. The minimum Gasteiger partial charge on any atom is -0.496 e. The molecule has 0 radical (unpaired) electrons. The van der Waals surface area contributed by atoms with E-state index in [2.05, 4.69) is 15.4 Å². The lowest BCUT2D eigenvalue weighted by molar-refractivity contribution is 0.0996. The molecule has 9 nitrogen and oxygen atoms in total. The topological polar surface area (TPSA) is 122 Å². The van der Waals surface area contributed by atoms with Gasteiger partial charge in [-0.3, -0.25) is 4.79 Å². The maximum Gasteiger partial charge on any atom is 0.271 e. The van der Waals surface area contributed by atoms with Crippen molar-refractivity contribution in [3.8, 4) is 34.3 Å². The second-order valence-electron chi connectivity index (χ2n) is 5.72. The monoisotopic (exact) mass is 368 g/mol. The minimum absolute atomic E-state index is 0.0720. The smallest absolute Gasteiger partial charge is 0.271 e. The Bertz CT molecular complexity index is 1000. The molecule has 0 atom stereocenters. The maximum atomic E-state index is 11.5. The number of carbonyl (C=O) groups excluding carboxylic acids is 1. The van der Waals surface area contributed by atoms with E-state index < -0.39 is 5.91 Å². The summed E-state index contributed by atoms with van der Waals surface area (Å²) in [6, 6.07) is 10.7. The summed E-state index contributed by atoms with van der Waals surface area (Å²) in [6.07, 6.45) is 0. The van der Waals surface area contributed by atoms with Crippen LogP contribution in [-0.4, -0.2) is 35.2 Å². The molecule has 1 amide bonds. The molecule has 9 heteroatoms. The number of carbonyl (C=O) groups is 1. The number of nitrogens with two attached hydrogens (primary N) is 1. The van der Waals surface area contributed by atoms with E-state index in [9.17, 15) is 4.79 Å². The van der Waals surface area contributed by atoms with Gasteiger partial charge in [-0.15, -0.1) is 0 Å². The molecule has 0 bridgehead atoms. The first-order valence-electron chi connectivity index (χ1n) is 8.06. The number of methoxy groups -OCH3 is 1. The number of benzene rings is 2. The second-order valence-corrected chi connectivity index (χ2v) is 5.72. The van der Waals surface area contributed by atoms with Crippen molar-refractivity contribution in [2.45, 2.75) is 6.61 Å². The van der Waals surface area contributed by atoms with Gasteiger partial charge < -0.3 is 24.7 Å². The molecule has 0 fully saturated rings. The lowest BCUT2D eigenvalue weighted by atomic mass is 10.1. The predicted molar refractivity (Wildman–Crippen MR) is 93.8 cm³/mol. The van der Waals surface area contributed by atoms with Gasteiger partial charge in [0.25, 0.3) is 5.91 Å². The average Bonchev–Trinajstić information content (AvgIpc) is 3.35. The quantitative estimate of drug-likeness (QED) is 0.681. The van der Waals surface area contributed by atoms with Crippen molar-refractivity contribution >= 4 is 5.91 Å². The van der Waals surface area contributed by atoms with Crippen molar-refractivity contribution in [1.29, 1.82) is 0 Å². The summed E-state index contributed by atoms with van der Waals surface area (Å²) in [5.41, 5.74) is 7.22. The van der Waals surface area contributed by atoms with Crippen LogP contribution in [0.2, 0.25) is 0 Å². The van der Waals surface area contributed by atoms with Crippen LogP contribution in [0.25, 0.3) is 11.3 Å². The minimum atomic E-state index is -0.660. The normalized spacial score (nSPS) is 12.0. The van der Waals surface area contributed by atoms with Gasteiger partial charge in [0.15, 0.2) is 17.2 Å². The van der Waals surface area contributed by atoms with Crippen LogP contribution in [0.5, 0.6) is 23.0 Å². The summed E-state index contributed by atoms with van der Waals surface area (Å²) in [5.74, 6) is 1.94. The average molecular weight is 368 g/mol. The van der Waals surface area contributed by atoms with E-state index in [1.165, 1.54) is 0 Å². The Morgan fingerprint density at radius 2 is 2.04 bits per heavy atom. The first kappa shape index (κ1) is 16.7. The zero-order valence-electron chi connectivity index (χ0n) is 14.4. The highest BCUT2D eigenvalue weighted by Gasteiger charge is 2.18. The summed E-state index contributed by atoms with van der Waals surface area (Å²) in [5, 5.41) is 10.2. The van der Waals surface area contributed by atoms with Gasteiger partial charge in [0.05, 0.1) is 7.11 Å². The van der Waals surface area contributed by atoms with Crippen LogP contribution in [-0.2, 0) is 6.61 Å². The van der Waals surface area contributed by atoms with Gasteiger partial charge in [-0.05, 0) is 30.3 Å². The number of primary amides is 1. The number of aromatic nitrogens is 3. The van der Waals surface area contributed by atoms with Gasteiger partial charge in [0.2, 0.25) is 6.79 Å². The molecular formula is C18H16N4O5. The Kier molecular flexibility index (Phi) is 4.25. The van der Waals surface area contributed by atoms with E-state index in [1.54, 1.807) is 37.4 Å². The molecule has 3 aromatic rings. The number of aromatic amines is 1. The molecule has 138 valence electrons. The van der Waals surface area contributed by atoms with Crippen molar-refractivity contribution in [3.63, 3.8) is 0 Å². The van der Waals surface area contributed by atoms with Crippen LogP contribution in [0.15, 0.2) is 36.4 Å². The molecule has 27 heavy (non-hydrogen) atoms. The molecule has 0 unspecified atom stereocenters. The van der Waals surface area contributed by atoms with Gasteiger partial charge in [-0.25, -0.2) is 0 Å². The fraction of sp³-hybridized carbons (Fsp3) is 0.167. The van der Waals surface area contributed by atoms with Crippen molar-refractivity contribution < 1.29 is 23.7 Å². The summed E-state index contributed by atoms with van der Waals surface area (Å²) >= 11 is 0. The lowest BCUT2D eigenvalue weighted by Crippen LogP contribution is -2.12. The van der Waals surface area contributed by atoms with Crippen molar-refractivity contribution in [2.75, 3.05) is 13.9 Å². The molecule has 3 N–H and O–H groups in total. The van der Waals surface area contributed by atoms with Crippen LogP contribution < -0.4 is 24.7 Å². The number of nitrogens with zero attached hydrogens (tertiary/aromatic N) is 2. The largest absolute Gasteiger partial charge is 0.496 e. The number of hydrogen-bond acceptors (Lipinski definition) is 7. The number of ether oxygens (including phenoxy) is 4. The maximum absolute atomic E-state index is 11.5. The molecule has 0 aliphatic carbocycles. The van der Waals surface area contributed by atoms with E-state index in [4.69, 9.17) is 24.7 Å². The van der Waals surface area contributed by atoms with Gasteiger partial charge in [-0.1, -0.05) is 0 Å². The van der Waals surface area contributed by atoms with E-state index >= 15 is 0 Å². The number of hydrogen-bond donors (Lipinski definition) is 2. The second kappa shape index (κ2) is 6.87. The number of rotatable bonds is 6. The van der Waals surface area contributed by atoms with Gasteiger partial charge in [0, 0.05) is 17.2 Å². The third kappa shape index (κ3) is 3.22. The number of nitrogens with one attached hydrogen (secondary N) is 1. The van der Waals surface area contributed by atoms with Crippen LogP contribution >= 0.6 is 0 Å². The van der Waals surface area contributed by atoms with Crippen molar-refractivity contribution in [3.05, 3.63) is 47.7 Å². The summed E-state index contributed by atoms with van der Waals surface area (Å²) in [7, 11) is 1.57. The molecule has 2 heterocycles. The van der Waals surface area contributed by atoms with Gasteiger partial charge in [0.1, 0.15) is 23.8 Å². The third-order valence-electron chi connectivity index (χ3n) is 4.07. The lowest BCUT2D eigenvalue weighted by Gasteiger charge is -2.12. The molecular weight excluding hydrogens is 352 g/mol. The molecule has 0 saturated heterocycles. The molecule has 2 aromatic carbocycles. The van der Waals surface area contributed by atoms with Crippen LogP contribution in [0, 0.1) is 0 Å². The SMILES string of the molecule is COc1ccc(-c2n[nH]nc2C(N)=O)cc1COc1ccc2c(c1)OCO2. The number of amides is 1. The Morgan fingerprint density at radius 1 is 1.19 bits per heavy atom. The number of fused-ring (bicyclic) bond motifs is 1. The highest BCUT2D eigenvalue weighted by atomic mass is 16.7. The number of H-pyrrole nitrogens is 1. The van der Waals surface area contributed by atoms with E-state index in [0.717, 1.165) is 5.56 Å². The summed E-state index contributed by atoms with van der Waals surface area (Å²) in [4.78, 5) is 11.5. The highest BCUT2D eigenvalue weighted by molar-refractivity contribution is 5.96. The highest BCUT2D eigenvalue weighted by Crippen LogP contribution is 2.36. The molecule has 1 aliphatic rings. The standard InChI is InChI=1S/C18H16N4O5/c1-24-13-4-2-10(16-17(18(19)23)21-22-20-16)6-11(13)8-25-12-3-5-14-15(7-12)27-9-26-14/h2-7H,8-9H2,1H3,(H2,19,23)(H,20,21,22). The van der Waals surface area contributed by atoms with Crippen molar-refractivity contribution in [2.24, 2.45) is 5.73 Å². The van der Waals surface area contributed by atoms with E-state index in [-0.39, 0.29) is 19.1 Å². The Balaban J connectivity index is 1.59. The van der Waals surface area contributed by atoms with Gasteiger partial charge >= 0.3 is 0 Å². The predicted octanol–water partition coefficient (Wildman–Crippen LogP) is 1.89. The Morgan fingerprint density at radius 3 is 2.85 bits per heavy atom. The molecule has 1 aromatic heterocycles. The van der Waals surface area contributed by atoms with E-state index in [0.29, 0.717) is 34.3 Å². The third-order valence-corrected chi connectivity index (χ3v) is 4.07. The van der Waals surface area contributed by atoms with Crippen LogP contribution in [0.1, 0.15) is 16.1 Å². The zero-order chi connectivity index (χ0) is 18.8. The van der Waals surface area contributed by atoms with E-state index in [1.807, 2.05) is 6.07 Å². The molecule has 1 aliphatic heterocycles. The first-order valence-corrected chi connectivity index (χ1v) is 8.06. The summed E-state index contributed by atoms with van der Waals surface area (Å²) < 4.78 is 21.9. The van der Waals surface area contributed by atoms with Crippen molar-refractivity contribution in [1.82, 2.24) is 15.4 Å². The Labute approximate surface area is 154 Å².